The van der Waals surface area contributed by atoms with Gasteiger partial charge in [-0.05, 0) is 24.3 Å². The molecule has 0 radical (unpaired) electrons. The van der Waals surface area contributed by atoms with Crippen LogP contribution in [-0.2, 0) is 6.54 Å². The van der Waals surface area contributed by atoms with Gasteiger partial charge in [0.1, 0.15) is 17.3 Å². The summed E-state index contributed by atoms with van der Waals surface area (Å²) in [5, 5.41) is 3.09. The fraction of sp³-hybridized carbons (Fsp3) is 0.200. The number of amides is 1. The lowest BCUT2D eigenvalue weighted by Gasteiger charge is -2.12. The molecule has 6 nitrogen and oxygen atoms in total. The summed E-state index contributed by atoms with van der Waals surface area (Å²) >= 11 is 0. The average molecular weight is 287 g/mol. The Morgan fingerprint density at radius 2 is 2.10 bits per heavy atom. The number of nitrogens with two attached hydrogens (primary N) is 1. The van der Waals surface area contributed by atoms with Gasteiger partial charge in [0.2, 0.25) is 0 Å². The quantitative estimate of drug-likeness (QED) is 0.846. The van der Waals surface area contributed by atoms with E-state index in [0.29, 0.717) is 29.4 Å². The summed E-state index contributed by atoms with van der Waals surface area (Å²) < 4.78 is 10.5. The first-order chi connectivity index (χ1) is 10.2. The van der Waals surface area contributed by atoms with Crippen molar-refractivity contribution in [2.75, 3.05) is 19.5 Å². The van der Waals surface area contributed by atoms with Crippen LogP contribution < -0.4 is 20.5 Å². The van der Waals surface area contributed by atoms with Gasteiger partial charge in [-0.15, -0.1) is 0 Å². The molecule has 6 heteroatoms. The fourth-order valence-corrected chi connectivity index (χ4v) is 1.92. The first kappa shape index (κ1) is 14.6. The molecule has 0 spiro atoms. The molecule has 0 aliphatic rings. The number of hydrogen-bond acceptors (Lipinski definition) is 5. The maximum atomic E-state index is 11.3. The van der Waals surface area contributed by atoms with E-state index in [1.807, 2.05) is 12.1 Å². The van der Waals surface area contributed by atoms with Gasteiger partial charge in [-0.25, -0.2) is 4.98 Å². The smallest absolute Gasteiger partial charge is 0.252 e. The molecule has 0 aliphatic carbocycles. The molecule has 0 aliphatic heterocycles. The number of primary amides is 1. The Balaban J connectivity index is 2.19. The van der Waals surface area contributed by atoms with E-state index in [2.05, 4.69) is 10.3 Å². The Morgan fingerprint density at radius 1 is 1.29 bits per heavy atom. The Morgan fingerprint density at radius 3 is 2.76 bits per heavy atom. The molecule has 21 heavy (non-hydrogen) atoms. The SMILES string of the molecule is COc1ccc(CNc2ncccc2C(N)=O)c(OC)c1. The zero-order valence-electron chi connectivity index (χ0n) is 11.9. The van der Waals surface area contributed by atoms with Crippen LogP contribution in [0, 0.1) is 0 Å². The van der Waals surface area contributed by atoms with Crippen LogP contribution in [0.4, 0.5) is 5.82 Å². The second kappa shape index (κ2) is 6.60. The van der Waals surface area contributed by atoms with E-state index >= 15 is 0 Å². The Hall–Kier alpha value is -2.76. The molecule has 0 atom stereocenters. The largest absolute Gasteiger partial charge is 0.497 e. The van der Waals surface area contributed by atoms with E-state index in [-0.39, 0.29) is 0 Å². The van der Waals surface area contributed by atoms with Crippen LogP contribution in [0.25, 0.3) is 0 Å². The second-order valence-corrected chi connectivity index (χ2v) is 4.30. The first-order valence-electron chi connectivity index (χ1n) is 6.35. The Kier molecular flexibility index (Phi) is 4.61. The third kappa shape index (κ3) is 3.42. The van der Waals surface area contributed by atoms with E-state index in [4.69, 9.17) is 15.2 Å². The van der Waals surface area contributed by atoms with E-state index < -0.39 is 5.91 Å². The van der Waals surface area contributed by atoms with Crippen LogP contribution in [-0.4, -0.2) is 25.1 Å². The molecule has 3 N–H and O–H groups in total. The minimum absolute atomic E-state index is 0.352. The number of nitrogens with zero attached hydrogens (tertiary/aromatic N) is 1. The summed E-state index contributed by atoms with van der Waals surface area (Å²) in [6, 6.07) is 8.82. The zero-order valence-corrected chi connectivity index (χ0v) is 11.9. The Labute approximate surface area is 122 Å². The van der Waals surface area contributed by atoms with Crippen LogP contribution in [0.5, 0.6) is 11.5 Å². The standard InChI is InChI=1S/C15H17N3O3/c1-20-11-6-5-10(13(8-11)21-2)9-18-15-12(14(16)19)4-3-7-17-15/h3-8H,9H2,1-2H3,(H2,16,19)(H,17,18). The summed E-state index contributed by atoms with van der Waals surface area (Å²) in [6.45, 7) is 0.449. The number of hydrogen-bond donors (Lipinski definition) is 2. The molecule has 1 aromatic heterocycles. The molecule has 0 saturated carbocycles. The summed E-state index contributed by atoms with van der Waals surface area (Å²) in [7, 11) is 3.19. The summed E-state index contributed by atoms with van der Waals surface area (Å²) in [5.41, 5.74) is 6.59. The van der Waals surface area contributed by atoms with Gasteiger partial charge in [-0.3, -0.25) is 4.79 Å². The van der Waals surface area contributed by atoms with Crippen LogP contribution in [0.3, 0.4) is 0 Å². The Bertz CT molecular complexity index is 644. The van der Waals surface area contributed by atoms with E-state index in [9.17, 15) is 4.79 Å². The molecule has 0 saturated heterocycles. The number of carbonyl (C=O) groups is 1. The summed E-state index contributed by atoms with van der Waals surface area (Å²) in [6.07, 6.45) is 1.60. The number of pyridine rings is 1. The number of carbonyl (C=O) groups excluding carboxylic acids is 1. The van der Waals surface area contributed by atoms with Crippen LogP contribution in [0.1, 0.15) is 15.9 Å². The van der Waals surface area contributed by atoms with Crippen LogP contribution >= 0.6 is 0 Å². The number of ether oxygens (including phenoxy) is 2. The summed E-state index contributed by atoms with van der Waals surface area (Å²) in [4.78, 5) is 15.5. The molecule has 1 amide bonds. The minimum atomic E-state index is -0.521. The molecule has 2 rings (SSSR count). The van der Waals surface area contributed by atoms with Crippen molar-refractivity contribution in [3.63, 3.8) is 0 Å². The molecule has 0 bridgehead atoms. The number of aromatic nitrogens is 1. The number of anilines is 1. The number of methoxy groups -OCH3 is 2. The van der Waals surface area contributed by atoms with Crippen molar-refractivity contribution in [3.8, 4) is 11.5 Å². The van der Waals surface area contributed by atoms with Gasteiger partial charge in [0.05, 0.1) is 19.8 Å². The summed E-state index contributed by atoms with van der Waals surface area (Å²) in [5.74, 6) is 1.33. The third-order valence-corrected chi connectivity index (χ3v) is 3.01. The molecular formula is C15H17N3O3. The molecule has 2 aromatic rings. The highest BCUT2D eigenvalue weighted by molar-refractivity contribution is 5.97. The van der Waals surface area contributed by atoms with Crippen molar-refractivity contribution in [1.29, 1.82) is 0 Å². The van der Waals surface area contributed by atoms with Gasteiger partial charge in [-0.2, -0.15) is 0 Å². The van der Waals surface area contributed by atoms with Gasteiger partial charge < -0.3 is 20.5 Å². The van der Waals surface area contributed by atoms with E-state index in [1.54, 1.807) is 38.6 Å². The van der Waals surface area contributed by atoms with Crippen molar-refractivity contribution >= 4 is 11.7 Å². The highest BCUT2D eigenvalue weighted by Gasteiger charge is 2.10. The molecule has 110 valence electrons. The molecule has 0 unspecified atom stereocenters. The lowest BCUT2D eigenvalue weighted by atomic mass is 10.1. The van der Waals surface area contributed by atoms with Crippen molar-refractivity contribution in [3.05, 3.63) is 47.7 Å². The van der Waals surface area contributed by atoms with Crippen molar-refractivity contribution in [2.45, 2.75) is 6.54 Å². The number of benzene rings is 1. The lowest BCUT2D eigenvalue weighted by molar-refractivity contribution is 0.100. The molecular weight excluding hydrogens is 270 g/mol. The molecule has 0 fully saturated rings. The predicted octanol–water partition coefficient (Wildman–Crippen LogP) is 1.81. The minimum Gasteiger partial charge on any atom is -0.497 e. The zero-order chi connectivity index (χ0) is 15.2. The maximum Gasteiger partial charge on any atom is 0.252 e. The van der Waals surface area contributed by atoms with Crippen molar-refractivity contribution in [2.24, 2.45) is 5.73 Å². The third-order valence-electron chi connectivity index (χ3n) is 3.01. The van der Waals surface area contributed by atoms with Gasteiger partial charge in [0.25, 0.3) is 5.91 Å². The van der Waals surface area contributed by atoms with Gasteiger partial charge in [0, 0.05) is 24.4 Å². The molecule has 1 aromatic carbocycles. The number of nitrogens with one attached hydrogen (secondary N) is 1. The van der Waals surface area contributed by atoms with Gasteiger partial charge in [0.15, 0.2) is 0 Å². The monoisotopic (exact) mass is 287 g/mol. The van der Waals surface area contributed by atoms with E-state index in [0.717, 1.165) is 5.56 Å². The van der Waals surface area contributed by atoms with Gasteiger partial charge >= 0.3 is 0 Å². The van der Waals surface area contributed by atoms with Crippen molar-refractivity contribution < 1.29 is 14.3 Å². The highest BCUT2D eigenvalue weighted by atomic mass is 16.5. The van der Waals surface area contributed by atoms with Gasteiger partial charge in [-0.1, -0.05) is 0 Å². The maximum absolute atomic E-state index is 11.3. The fourth-order valence-electron chi connectivity index (χ4n) is 1.92. The van der Waals surface area contributed by atoms with Crippen molar-refractivity contribution in [1.82, 2.24) is 4.98 Å². The number of rotatable bonds is 6. The second-order valence-electron chi connectivity index (χ2n) is 4.30. The normalized spacial score (nSPS) is 10.0. The lowest BCUT2D eigenvalue weighted by Crippen LogP contribution is -2.15. The first-order valence-corrected chi connectivity index (χ1v) is 6.35. The van der Waals surface area contributed by atoms with E-state index in [1.165, 1.54) is 0 Å². The highest BCUT2D eigenvalue weighted by Crippen LogP contribution is 2.25. The predicted molar refractivity (Wildman–Crippen MR) is 79.6 cm³/mol. The topological polar surface area (TPSA) is 86.5 Å². The molecule has 1 heterocycles. The average Bonchev–Trinajstić information content (AvgIpc) is 2.52. The van der Waals surface area contributed by atoms with Crippen LogP contribution in [0.15, 0.2) is 36.5 Å². The van der Waals surface area contributed by atoms with Crippen LogP contribution in [0.2, 0.25) is 0 Å².